The van der Waals surface area contributed by atoms with Crippen LogP contribution in [0, 0.1) is 5.82 Å². The van der Waals surface area contributed by atoms with E-state index in [1.165, 1.54) is 12.1 Å². The van der Waals surface area contributed by atoms with Crippen LogP contribution in [0.25, 0.3) is 0 Å². The van der Waals surface area contributed by atoms with Gasteiger partial charge >= 0.3 is 0 Å². The molecule has 74 valence electrons. The average molecular weight is 205 g/mol. The number of hydrogen-bond donors (Lipinski definition) is 2. The van der Waals surface area contributed by atoms with Gasteiger partial charge in [-0.2, -0.15) is 0 Å². The lowest BCUT2D eigenvalue weighted by atomic mass is 10.3. The largest absolute Gasteiger partial charge is 0.385 e. The van der Waals surface area contributed by atoms with E-state index >= 15 is 0 Å². The van der Waals surface area contributed by atoms with Crippen LogP contribution in [-0.2, 0) is 0 Å². The smallest absolute Gasteiger partial charge is 0.123 e. The van der Waals surface area contributed by atoms with Crippen LogP contribution >= 0.6 is 12.4 Å². The molecular weight excluding hydrogens is 191 g/mol. The number of anilines is 1. The molecule has 0 aliphatic rings. The maximum atomic E-state index is 12.4. The summed E-state index contributed by atoms with van der Waals surface area (Å²) in [6.45, 7) is 1.51. The highest BCUT2D eigenvalue weighted by Gasteiger charge is 1.90. The summed E-state index contributed by atoms with van der Waals surface area (Å²) < 4.78 is 12.4. The summed E-state index contributed by atoms with van der Waals surface area (Å²) in [5, 5.41) is 3.13. The Morgan fingerprint density at radius 1 is 1.23 bits per heavy atom. The highest BCUT2D eigenvalue weighted by Crippen LogP contribution is 2.07. The third kappa shape index (κ3) is 4.70. The molecule has 1 aromatic rings. The van der Waals surface area contributed by atoms with Gasteiger partial charge in [-0.1, -0.05) is 0 Å². The first-order valence-electron chi connectivity index (χ1n) is 4.02. The van der Waals surface area contributed by atoms with Crippen molar-refractivity contribution in [1.29, 1.82) is 0 Å². The molecule has 1 rings (SSSR count). The first-order valence-corrected chi connectivity index (χ1v) is 4.02. The van der Waals surface area contributed by atoms with E-state index in [0.717, 1.165) is 18.7 Å². The Morgan fingerprint density at radius 2 is 1.85 bits per heavy atom. The van der Waals surface area contributed by atoms with Crippen molar-refractivity contribution in [3.8, 4) is 0 Å². The Morgan fingerprint density at radius 3 is 2.38 bits per heavy atom. The van der Waals surface area contributed by atoms with E-state index in [0.29, 0.717) is 6.54 Å². The van der Waals surface area contributed by atoms with Crippen LogP contribution in [0.1, 0.15) is 6.42 Å². The van der Waals surface area contributed by atoms with Crippen molar-refractivity contribution >= 4 is 18.1 Å². The number of nitrogens with two attached hydrogens (primary N) is 1. The predicted molar refractivity (Wildman–Crippen MR) is 55.8 cm³/mol. The van der Waals surface area contributed by atoms with Gasteiger partial charge < -0.3 is 11.1 Å². The van der Waals surface area contributed by atoms with Gasteiger partial charge in [0.25, 0.3) is 0 Å². The molecule has 0 aliphatic carbocycles. The van der Waals surface area contributed by atoms with E-state index in [1.807, 2.05) is 0 Å². The second kappa shape index (κ2) is 6.69. The molecule has 0 heterocycles. The molecule has 0 spiro atoms. The minimum atomic E-state index is -0.209. The average Bonchev–Trinajstić information content (AvgIpc) is 2.09. The van der Waals surface area contributed by atoms with Gasteiger partial charge in [-0.3, -0.25) is 0 Å². The molecule has 0 saturated heterocycles. The summed E-state index contributed by atoms with van der Waals surface area (Å²) in [5.41, 5.74) is 6.25. The Balaban J connectivity index is 0.00000144. The van der Waals surface area contributed by atoms with Crippen molar-refractivity contribution in [1.82, 2.24) is 0 Å². The maximum Gasteiger partial charge on any atom is 0.123 e. The van der Waals surface area contributed by atoms with E-state index in [-0.39, 0.29) is 18.2 Å². The van der Waals surface area contributed by atoms with Crippen LogP contribution in [0.5, 0.6) is 0 Å². The van der Waals surface area contributed by atoms with Crippen molar-refractivity contribution in [2.45, 2.75) is 6.42 Å². The van der Waals surface area contributed by atoms with Crippen molar-refractivity contribution < 1.29 is 4.39 Å². The first-order chi connectivity index (χ1) is 5.83. The lowest BCUT2D eigenvalue weighted by Crippen LogP contribution is -2.08. The number of nitrogens with one attached hydrogen (secondary N) is 1. The van der Waals surface area contributed by atoms with Crippen LogP contribution in [0.4, 0.5) is 10.1 Å². The van der Waals surface area contributed by atoms with Gasteiger partial charge in [-0.15, -0.1) is 12.4 Å². The first kappa shape index (κ1) is 12.2. The minimum Gasteiger partial charge on any atom is -0.385 e. The summed E-state index contributed by atoms with van der Waals surface area (Å²) in [4.78, 5) is 0. The van der Waals surface area contributed by atoms with Gasteiger partial charge in [-0.25, -0.2) is 4.39 Å². The fourth-order valence-corrected chi connectivity index (χ4v) is 0.903. The van der Waals surface area contributed by atoms with Gasteiger partial charge in [0.15, 0.2) is 0 Å². The van der Waals surface area contributed by atoms with Crippen LogP contribution in [-0.4, -0.2) is 13.1 Å². The molecule has 3 N–H and O–H groups in total. The highest BCUT2D eigenvalue weighted by atomic mass is 35.5. The van der Waals surface area contributed by atoms with Crippen LogP contribution in [0.2, 0.25) is 0 Å². The molecule has 0 bridgehead atoms. The van der Waals surface area contributed by atoms with Gasteiger partial charge in [0.1, 0.15) is 5.82 Å². The van der Waals surface area contributed by atoms with Crippen LogP contribution in [0.15, 0.2) is 24.3 Å². The number of rotatable bonds is 4. The number of benzene rings is 1. The summed E-state index contributed by atoms with van der Waals surface area (Å²) in [5.74, 6) is -0.209. The summed E-state index contributed by atoms with van der Waals surface area (Å²) in [7, 11) is 0. The summed E-state index contributed by atoms with van der Waals surface area (Å²) in [6.07, 6.45) is 0.928. The summed E-state index contributed by atoms with van der Waals surface area (Å²) >= 11 is 0. The molecule has 13 heavy (non-hydrogen) atoms. The fraction of sp³-hybridized carbons (Fsp3) is 0.333. The Hall–Kier alpha value is -0.800. The van der Waals surface area contributed by atoms with Crippen molar-refractivity contribution in [2.75, 3.05) is 18.4 Å². The predicted octanol–water partition coefficient (Wildman–Crippen LogP) is 2.01. The van der Waals surface area contributed by atoms with Gasteiger partial charge in [0, 0.05) is 12.2 Å². The lowest BCUT2D eigenvalue weighted by molar-refractivity contribution is 0.628. The topological polar surface area (TPSA) is 38.0 Å². The molecule has 0 fully saturated rings. The quantitative estimate of drug-likeness (QED) is 0.737. The molecule has 4 heteroatoms. The number of halogens is 2. The lowest BCUT2D eigenvalue weighted by Gasteiger charge is -2.03. The standard InChI is InChI=1S/C9H13FN2.ClH/c10-8-2-4-9(5-3-8)12-7-1-6-11;/h2-5,12H,1,6-7,11H2;1H. The normalized spacial score (nSPS) is 9.08. The Bertz CT molecular complexity index is 226. The fourth-order valence-electron chi connectivity index (χ4n) is 0.903. The molecule has 0 saturated carbocycles. The minimum absolute atomic E-state index is 0. The number of hydrogen-bond acceptors (Lipinski definition) is 2. The SMILES string of the molecule is Cl.NCCCNc1ccc(F)cc1. The summed E-state index contributed by atoms with van der Waals surface area (Å²) in [6, 6.07) is 6.30. The van der Waals surface area contributed by atoms with E-state index in [1.54, 1.807) is 12.1 Å². The molecule has 0 unspecified atom stereocenters. The zero-order valence-electron chi connectivity index (χ0n) is 7.29. The molecule has 1 aromatic carbocycles. The van der Waals surface area contributed by atoms with E-state index in [9.17, 15) is 4.39 Å². The monoisotopic (exact) mass is 204 g/mol. The van der Waals surface area contributed by atoms with Gasteiger partial charge in [0.2, 0.25) is 0 Å². The van der Waals surface area contributed by atoms with Crippen LogP contribution in [0.3, 0.4) is 0 Å². The zero-order valence-corrected chi connectivity index (χ0v) is 8.11. The Kier molecular flexibility index (Phi) is 6.28. The highest BCUT2D eigenvalue weighted by molar-refractivity contribution is 5.85. The third-order valence-corrected chi connectivity index (χ3v) is 1.55. The van der Waals surface area contributed by atoms with Gasteiger partial charge in [0.05, 0.1) is 0 Å². The van der Waals surface area contributed by atoms with E-state index in [4.69, 9.17) is 5.73 Å². The van der Waals surface area contributed by atoms with Crippen molar-refractivity contribution in [3.05, 3.63) is 30.1 Å². The maximum absolute atomic E-state index is 12.4. The second-order valence-corrected chi connectivity index (χ2v) is 2.58. The van der Waals surface area contributed by atoms with E-state index < -0.39 is 0 Å². The van der Waals surface area contributed by atoms with Crippen LogP contribution < -0.4 is 11.1 Å². The molecule has 0 radical (unpaired) electrons. The second-order valence-electron chi connectivity index (χ2n) is 2.58. The molecule has 0 atom stereocenters. The van der Waals surface area contributed by atoms with Crippen molar-refractivity contribution in [2.24, 2.45) is 5.73 Å². The zero-order chi connectivity index (χ0) is 8.81. The molecule has 0 aromatic heterocycles. The third-order valence-electron chi connectivity index (χ3n) is 1.55. The molecule has 0 aliphatic heterocycles. The van der Waals surface area contributed by atoms with Crippen molar-refractivity contribution in [3.63, 3.8) is 0 Å². The molecule has 0 amide bonds. The van der Waals surface area contributed by atoms with Gasteiger partial charge in [-0.05, 0) is 37.2 Å². The Labute approximate surface area is 83.7 Å². The van der Waals surface area contributed by atoms with E-state index in [2.05, 4.69) is 5.32 Å². The molecule has 2 nitrogen and oxygen atoms in total. The molecular formula is C9H14ClFN2.